The van der Waals surface area contributed by atoms with Crippen LogP contribution in [0.15, 0.2) is 35.1 Å². The number of rotatable bonds is 3. The third-order valence-electron chi connectivity index (χ3n) is 1.98. The normalized spacial score (nSPS) is 10.3. The van der Waals surface area contributed by atoms with E-state index in [1.54, 1.807) is 6.07 Å². The van der Waals surface area contributed by atoms with Crippen LogP contribution in [0, 0.1) is 5.82 Å². The Hall–Kier alpha value is -1.53. The van der Waals surface area contributed by atoms with Crippen molar-refractivity contribution in [1.82, 2.24) is 9.97 Å². The highest BCUT2D eigenvalue weighted by Gasteiger charge is 2.06. The Bertz CT molecular complexity index is 536. The van der Waals surface area contributed by atoms with Crippen LogP contribution in [-0.4, -0.2) is 9.97 Å². The van der Waals surface area contributed by atoms with Crippen molar-refractivity contribution in [3.05, 3.63) is 46.6 Å². The zero-order valence-corrected chi connectivity index (χ0v) is 10.3. The van der Waals surface area contributed by atoms with Gasteiger partial charge in [-0.15, -0.1) is 0 Å². The van der Waals surface area contributed by atoms with Crippen molar-refractivity contribution in [1.29, 1.82) is 0 Å². The molecule has 2 rings (SSSR count). The third-order valence-corrected chi connectivity index (χ3v) is 2.47. The second kappa shape index (κ2) is 5.20. The van der Waals surface area contributed by atoms with E-state index in [2.05, 4.69) is 25.9 Å². The number of hydrogen-bond donors (Lipinski definition) is 1. The number of nitrogens with zero attached hydrogens (tertiary/aromatic N) is 2. The Morgan fingerprint density at radius 1 is 1.35 bits per heavy atom. The van der Waals surface area contributed by atoms with Crippen molar-refractivity contribution in [2.24, 2.45) is 5.73 Å². The molecule has 17 heavy (non-hydrogen) atoms. The first-order valence-electron chi connectivity index (χ1n) is 4.83. The van der Waals surface area contributed by atoms with Crippen LogP contribution in [0.25, 0.3) is 0 Å². The fraction of sp³-hybridized carbons (Fsp3) is 0.0909. The highest BCUT2D eigenvalue weighted by Crippen LogP contribution is 2.25. The first-order valence-corrected chi connectivity index (χ1v) is 5.62. The number of halogens is 2. The van der Waals surface area contributed by atoms with Gasteiger partial charge in [0.2, 0.25) is 5.88 Å². The molecule has 0 aliphatic rings. The van der Waals surface area contributed by atoms with E-state index in [0.717, 1.165) is 0 Å². The van der Waals surface area contributed by atoms with E-state index < -0.39 is 5.82 Å². The lowest BCUT2D eigenvalue weighted by atomic mass is 10.3. The van der Waals surface area contributed by atoms with Gasteiger partial charge in [-0.3, -0.25) is 4.98 Å². The fourth-order valence-electron chi connectivity index (χ4n) is 1.20. The molecule has 0 saturated carbocycles. The van der Waals surface area contributed by atoms with Gasteiger partial charge in [0.15, 0.2) is 11.6 Å². The lowest BCUT2D eigenvalue weighted by Crippen LogP contribution is -2.01. The van der Waals surface area contributed by atoms with Gasteiger partial charge >= 0.3 is 0 Å². The molecule has 0 unspecified atom stereocenters. The Balaban J connectivity index is 2.25. The lowest BCUT2D eigenvalue weighted by Gasteiger charge is -2.06. The summed E-state index contributed by atoms with van der Waals surface area (Å²) in [6.07, 6.45) is 2.94. The van der Waals surface area contributed by atoms with E-state index in [9.17, 15) is 4.39 Å². The van der Waals surface area contributed by atoms with E-state index in [1.807, 2.05) is 0 Å². The summed E-state index contributed by atoms with van der Waals surface area (Å²) < 4.78 is 19.4. The molecule has 0 aliphatic carbocycles. The maximum atomic E-state index is 13.5. The molecule has 1 heterocycles. The predicted molar refractivity (Wildman–Crippen MR) is 64.1 cm³/mol. The first kappa shape index (κ1) is 11.9. The standard InChI is InChI=1S/C11H9BrFN3O/c12-7-1-2-10(9(13)3-7)17-11-6-15-5-8(4-14)16-11/h1-3,5-6H,4,14H2. The van der Waals surface area contributed by atoms with Crippen molar-refractivity contribution in [3.63, 3.8) is 0 Å². The molecular formula is C11H9BrFN3O. The lowest BCUT2D eigenvalue weighted by molar-refractivity contribution is 0.423. The Morgan fingerprint density at radius 3 is 2.88 bits per heavy atom. The molecule has 0 atom stereocenters. The van der Waals surface area contributed by atoms with Gasteiger partial charge in [0.25, 0.3) is 0 Å². The van der Waals surface area contributed by atoms with E-state index in [0.29, 0.717) is 10.2 Å². The summed E-state index contributed by atoms with van der Waals surface area (Å²) in [5.74, 6) is -0.162. The number of benzene rings is 1. The van der Waals surface area contributed by atoms with E-state index in [-0.39, 0.29) is 18.2 Å². The maximum absolute atomic E-state index is 13.5. The predicted octanol–water partition coefficient (Wildman–Crippen LogP) is 2.63. The van der Waals surface area contributed by atoms with Crippen molar-refractivity contribution in [2.75, 3.05) is 0 Å². The van der Waals surface area contributed by atoms with Gasteiger partial charge in [-0.05, 0) is 18.2 Å². The van der Waals surface area contributed by atoms with Gasteiger partial charge in [0, 0.05) is 17.2 Å². The van der Waals surface area contributed by atoms with Gasteiger partial charge in [-0.1, -0.05) is 15.9 Å². The van der Waals surface area contributed by atoms with Crippen LogP contribution >= 0.6 is 15.9 Å². The number of ether oxygens (including phenoxy) is 1. The van der Waals surface area contributed by atoms with Gasteiger partial charge in [-0.2, -0.15) is 0 Å². The fourth-order valence-corrected chi connectivity index (χ4v) is 1.54. The SMILES string of the molecule is NCc1cncc(Oc2ccc(Br)cc2F)n1. The molecule has 2 aromatic rings. The minimum atomic E-state index is -0.473. The maximum Gasteiger partial charge on any atom is 0.238 e. The second-order valence-electron chi connectivity index (χ2n) is 3.23. The van der Waals surface area contributed by atoms with Crippen LogP contribution in [0.4, 0.5) is 4.39 Å². The summed E-state index contributed by atoms with van der Waals surface area (Å²) in [5.41, 5.74) is 6.01. The van der Waals surface area contributed by atoms with Crippen molar-refractivity contribution in [2.45, 2.75) is 6.54 Å². The summed E-state index contributed by atoms with van der Waals surface area (Å²) in [6, 6.07) is 4.50. The highest BCUT2D eigenvalue weighted by molar-refractivity contribution is 9.10. The molecular weight excluding hydrogens is 289 g/mol. The van der Waals surface area contributed by atoms with E-state index in [4.69, 9.17) is 10.5 Å². The molecule has 1 aromatic carbocycles. The minimum absolute atomic E-state index is 0.0941. The molecule has 6 heteroatoms. The van der Waals surface area contributed by atoms with Gasteiger partial charge in [0.05, 0.1) is 11.9 Å². The van der Waals surface area contributed by atoms with Crippen LogP contribution < -0.4 is 10.5 Å². The first-order chi connectivity index (χ1) is 8.19. The van der Waals surface area contributed by atoms with Gasteiger partial charge in [0.1, 0.15) is 0 Å². The summed E-state index contributed by atoms with van der Waals surface area (Å²) in [6.45, 7) is 0.257. The summed E-state index contributed by atoms with van der Waals surface area (Å²) >= 11 is 3.16. The van der Waals surface area contributed by atoms with Gasteiger partial charge in [-0.25, -0.2) is 9.37 Å². The molecule has 0 amide bonds. The van der Waals surface area contributed by atoms with E-state index in [1.165, 1.54) is 24.5 Å². The monoisotopic (exact) mass is 297 g/mol. The average Bonchev–Trinajstić information content (AvgIpc) is 2.33. The molecule has 0 saturated heterocycles. The molecule has 1 aromatic heterocycles. The molecule has 2 N–H and O–H groups in total. The molecule has 0 spiro atoms. The minimum Gasteiger partial charge on any atom is -0.434 e. The molecule has 0 aliphatic heterocycles. The number of nitrogens with two attached hydrogens (primary N) is 1. The van der Waals surface area contributed by atoms with Crippen LogP contribution in [0.2, 0.25) is 0 Å². The Kier molecular flexibility index (Phi) is 3.65. The highest BCUT2D eigenvalue weighted by atomic mass is 79.9. The summed E-state index contributed by atoms with van der Waals surface area (Å²) in [7, 11) is 0. The Morgan fingerprint density at radius 2 is 2.18 bits per heavy atom. The molecule has 4 nitrogen and oxygen atoms in total. The summed E-state index contributed by atoms with van der Waals surface area (Å²) in [5, 5.41) is 0. The van der Waals surface area contributed by atoms with Crippen molar-refractivity contribution >= 4 is 15.9 Å². The molecule has 88 valence electrons. The second-order valence-corrected chi connectivity index (χ2v) is 4.15. The largest absolute Gasteiger partial charge is 0.434 e. The molecule has 0 bridgehead atoms. The summed E-state index contributed by atoms with van der Waals surface area (Å²) in [4.78, 5) is 7.96. The molecule has 0 radical (unpaired) electrons. The third kappa shape index (κ3) is 2.98. The van der Waals surface area contributed by atoms with Crippen LogP contribution in [-0.2, 0) is 6.54 Å². The molecule has 0 fully saturated rings. The van der Waals surface area contributed by atoms with E-state index >= 15 is 0 Å². The zero-order chi connectivity index (χ0) is 12.3. The quantitative estimate of drug-likeness (QED) is 0.946. The number of aromatic nitrogens is 2. The van der Waals surface area contributed by atoms with Gasteiger partial charge < -0.3 is 10.5 Å². The smallest absolute Gasteiger partial charge is 0.238 e. The van der Waals surface area contributed by atoms with Crippen LogP contribution in [0.1, 0.15) is 5.69 Å². The zero-order valence-electron chi connectivity index (χ0n) is 8.73. The number of hydrogen-bond acceptors (Lipinski definition) is 4. The topological polar surface area (TPSA) is 61.0 Å². The van der Waals surface area contributed by atoms with Crippen LogP contribution in [0.3, 0.4) is 0 Å². The van der Waals surface area contributed by atoms with Crippen LogP contribution in [0.5, 0.6) is 11.6 Å². The van der Waals surface area contributed by atoms with Crippen molar-refractivity contribution < 1.29 is 9.13 Å². The Labute approximate surface area is 106 Å². The average molecular weight is 298 g/mol. The van der Waals surface area contributed by atoms with Crippen molar-refractivity contribution in [3.8, 4) is 11.6 Å².